The second-order valence-corrected chi connectivity index (χ2v) is 4.73. The van der Waals surface area contributed by atoms with Crippen LogP contribution in [0.5, 0.6) is 5.88 Å². The highest BCUT2D eigenvalue weighted by molar-refractivity contribution is 5.18. The molecule has 3 nitrogen and oxygen atoms in total. The van der Waals surface area contributed by atoms with Gasteiger partial charge in [-0.3, -0.25) is 0 Å². The second-order valence-electron chi connectivity index (χ2n) is 4.73. The first-order chi connectivity index (χ1) is 7.74. The summed E-state index contributed by atoms with van der Waals surface area (Å²) in [6.45, 7) is 5.25. The molecular weight excluding hydrogens is 200 g/mol. The molecule has 1 fully saturated rings. The largest absolute Gasteiger partial charge is 0.477 e. The monoisotopic (exact) mass is 220 g/mol. The van der Waals surface area contributed by atoms with Crippen LogP contribution >= 0.6 is 0 Å². The molecule has 1 aliphatic rings. The van der Waals surface area contributed by atoms with Crippen LogP contribution in [-0.2, 0) is 0 Å². The summed E-state index contributed by atoms with van der Waals surface area (Å²) in [6.07, 6.45) is 4.28. The molecule has 3 heteroatoms. The van der Waals surface area contributed by atoms with Crippen LogP contribution in [0, 0.1) is 12.8 Å². The lowest BCUT2D eigenvalue weighted by molar-refractivity contribution is 0.157. The van der Waals surface area contributed by atoms with E-state index in [9.17, 15) is 0 Å². The molecule has 0 amide bonds. The van der Waals surface area contributed by atoms with Crippen molar-refractivity contribution in [2.45, 2.75) is 19.8 Å². The Hall–Kier alpha value is -1.09. The molecule has 2 heterocycles. The predicted molar refractivity (Wildman–Crippen MR) is 64.7 cm³/mol. The number of hydrogen-bond acceptors (Lipinski definition) is 3. The van der Waals surface area contributed by atoms with E-state index in [2.05, 4.69) is 23.9 Å². The van der Waals surface area contributed by atoms with Gasteiger partial charge in [-0.15, -0.1) is 0 Å². The summed E-state index contributed by atoms with van der Waals surface area (Å²) in [5.74, 6) is 1.46. The molecule has 0 N–H and O–H groups in total. The molecule has 0 aromatic carbocycles. The number of nitrogens with zero attached hydrogens (tertiary/aromatic N) is 2. The number of ether oxygens (including phenoxy) is 1. The molecule has 0 bridgehead atoms. The average molecular weight is 220 g/mol. The maximum absolute atomic E-state index is 5.73. The Morgan fingerprint density at radius 3 is 2.88 bits per heavy atom. The summed E-state index contributed by atoms with van der Waals surface area (Å²) in [4.78, 5) is 6.58. The number of rotatable bonds is 3. The topological polar surface area (TPSA) is 25.4 Å². The van der Waals surface area contributed by atoms with Crippen molar-refractivity contribution >= 4 is 0 Å². The summed E-state index contributed by atoms with van der Waals surface area (Å²) in [6, 6.07) is 3.98. The lowest BCUT2D eigenvalue weighted by Gasteiger charge is -2.28. The standard InChI is InChI=1S/C13H20N2O/c1-11-3-6-14-13(9-11)16-10-12-4-7-15(2)8-5-12/h3,6,9,12H,4-5,7-8,10H2,1-2H3. The quantitative estimate of drug-likeness (QED) is 0.780. The van der Waals surface area contributed by atoms with E-state index in [1.807, 2.05) is 12.1 Å². The average Bonchev–Trinajstić information content (AvgIpc) is 2.28. The highest BCUT2D eigenvalue weighted by Gasteiger charge is 2.17. The molecule has 0 saturated carbocycles. The minimum absolute atomic E-state index is 0.693. The molecule has 0 spiro atoms. The number of piperidine rings is 1. The maximum Gasteiger partial charge on any atom is 0.213 e. The van der Waals surface area contributed by atoms with E-state index in [0.29, 0.717) is 5.92 Å². The van der Waals surface area contributed by atoms with E-state index in [0.717, 1.165) is 12.5 Å². The summed E-state index contributed by atoms with van der Waals surface area (Å²) in [5, 5.41) is 0. The molecule has 1 aromatic heterocycles. The van der Waals surface area contributed by atoms with Crippen LogP contribution in [-0.4, -0.2) is 36.6 Å². The van der Waals surface area contributed by atoms with Gasteiger partial charge in [0.2, 0.25) is 5.88 Å². The van der Waals surface area contributed by atoms with E-state index in [1.165, 1.54) is 31.5 Å². The van der Waals surface area contributed by atoms with Gasteiger partial charge in [0.25, 0.3) is 0 Å². The highest BCUT2D eigenvalue weighted by Crippen LogP contribution is 2.17. The van der Waals surface area contributed by atoms with Crippen LogP contribution in [0.3, 0.4) is 0 Å². The van der Waals surface area contributed by atoms with Gasteiger partial charge in [0.15, 0.2) is 0 Å². The SMILES string of the molecule is Cc1ccnc(OCC2CCN(C)CC2)c1. The fraction of sp³-hybridized carbons (Fsp3) is 0.615. The Balaban J connectivity index is 1.79. The van der Waals surface area contributed by atoms with Crippen LogP contribution in [0.2, 0.25) is 0 Å². The molecule has 16 heavy (non-hydrogen) atoms. The van der Waals surface area contributed by atoms with Gasteiger partial charge >= 0.3 is 0 Å². The number of aromatic nitrogens is 1. The molecule has 88 valence electrons. The lowest BCUT2D eigenvalue weighted by atomic mass is 9.98. The molecule has 2 rings (SSSR count). The van der Waals surface area contributed by atoms with Crippen LogP contribution in [0.15, 0.2) is 18.3 Å². The van der Waals surface area contributed by atoms with Crippen molar-refractivity contribution in [3.63, 3.8) is 0 Å². The first-order valence-electron chi connectivity index (χ1n) is 5.98. The van der Waals surface area contributed by atoms with E-state index >= 15 is 0 Å². The van der Waals surface area contributed by atoms with Gasteiger partial charge in [0, 0.05) is 12.3 Å². The van der Waals surface area contributed by atoms with E-state index in [4.69, 9.17) is 4.74 Å². The van der Waals surface area contributed by atoms with Crippen molar-refractivity contribution < 1.29 is 4.74 Å². The summed E-state index contributed by atoms with van der Waals surface area (Å²) in [7, 11) is 2.18. The second kappa shape index (κ2) is 5.30. The Morgan fingerprint density at radius 2 is 2.19 bits per heavy atom. The molecule has 1 aromatic rings. The van der Waals surface area contributed by atoms with Crippen LogP contribution in [0.4, 0.5) is 0 Å². The van der Waals surface area contributed by atoms with Crippen LogP contribution in [0.1, 0.15) is 18.4 Å². The van der Waals surface area contributed by atoms with Crippen molar-refractivity contribution in [2.24, 2.45) is 5.92 Å². The van der Waals surface area contributed by atoms with E-state index in [-0.39, 0.29) is 0 Å². The molecular formula is C13H20N2O. The third kappa shape index (κ3) is 3.20. The summed E-state index contributed by atoms with van der Waals surface area (Å²) >= 11 is 0. The Labute approximate surface area is 97.4 Å². The number of hydrogen-bond donors (Lipinski definition) is 0. The molecule has 1 saturated heterocycles. The first kappa shape index (κ1) is 11.4. The molecule has 0 unspecified atom stereocenters. The van der Waals surface area contributed by atoms with Crippen molar-refractivity contribution in [2.75, 3.05) is 26.7 Å². The highest BCUT2D eigenvalue weighted by atomic mass is 16.5. The minimum Gasteiger partial charge on any atom is -0.477 e. The van der Waals surface area contributed by atoms with Crippen molar-refractivity contribution in [3.05, 3.63) is 23.9 Å². The van der Waals surface area contributed by atoms with Gasteiger partial charge in [-0.05, 0) is 57.5 Å². The fourth-order valence-corrected chi connectivity index (χ4v) is 2.02. The summed E-state index contributed by atoms with van der Waals surface area (Å²) in [5.41, 5.74) is 1.20. The zero-order valence-electron chi connectivity index (χ0n) is 10.1. The van der Waals surface area contributed by atoms with Gasteiger partial charge in [-0.1, -0.05) is 0 Å². The van der Waals surface area contributed by atoms with Gasteiger partial charge in [0.1, 0.15) is 0 Å². The van der Waals surface area contributed by atoms with E-state index in [1.54, 1.807) is 6.20 Å². The zero-order chi connectivity index (χ0) is 11.4. The van der Waals surface area contributed by atoms with Gasteiger partial charge < -0.3 is 9.64 Å². The fourth-order valence-electron chi connectivity index (χ4n) is 2.02. The third-order valence-electron chi connectivity index (χ3n) is 3.20. The van der Waals surface area contributed by atoms with Gasteiger partial charge in [0.05, 0.1) is 6.61 Å². The molecule has 0 aliphatic carbocycles. The van der Waals surface area contributed by atoms with Crippen molar-refractivity contribution in [1.29, 1.82) is 0 Å². The van der Waals surface area contributed by atoms with Gasteiger partial charge in [-0.25, -0.2) is 4.98 Å². The Kier molecular flexibility index (Phi) is 3.78. The van der Waals surface area contributed by atoms with E-state index < -0.39 is 0 Å². The molecule has 0 radical (unpaired) electrons. The van der Waals surface area contributed by atoms with Crippen molar-refractivity contribution in [3.8, 4) is 5.88 Å². The number of aryl methyl sites for hydroxylation is 1. The lowest BCUT2D eigenvalue weighted by Crippen LogP contribution is -2.32. The Bertz CT molecular complexity index is 332. The molecule has 0 atom stereocenters. The number of pyridine rings is 1. The number of likely N-dealkylation sites (tertiary alicyclic amines) is 1. The smallest absolute Gasteiger partial charge is 0.213 e. The Morgan fingerprint density at radius 1 is 1.44 bits per heavy atom. The van der Waals surface area contributed by atoms with Crippen molar-refractivity contribution in [1.82, 2.24) is 9.88 Å². The van der Waals surface area contributed by atoms with Crippen LogP contribution in [0.25, 0.3) is 0 Å². The third-order valence-corrected chi connectivity index (χ3v) is 3.20. The normalized spacial score (nSPS) is 18.6. The zero-order valence-corrected chi connectivity index (χ0v) is 10.1. The molecule has 1 aliphatic heterocycles. The maximum atomic E-state index is 5.73. The summed E-state index contributed by atoms with van der Waals surface area (Å²) < 4.78 is 5.73. The minimum atomic E-state index is 0.693. The van der Waals surface area contributed by atoms with Crippen LogP contribution < -0.4 is 4.74 Å². The predicted octanol–water partition coefficient (Wildman–Crippen LogP) is 2.11. The first-order valence-corrected chi connectivity index (χ1v) is 5.98. The van der Waals surface area contributed by atoms with Gasteiger partial charge in [-0.2, -0.15) is 0 Å².